The summed E-state index contributed by atoms with van der Waals surface area (Å²) in [5.74, 6) is 0. The number of H-pyrrole nitrogens is 2. The van der Waals surface area contributed by atoms with Crippen LogP contribution in [0.5, 0.6) is 0 Å². The summed E-state index contributed by atoms with van der Waals surface area (Å²) < 4.78 is 0.488. The molecule has 0 fully saturated rings. The van der Waals surface area contributed by atoms with Crippen LogP contribution in [0.15, 0.2) is 9.27 Å². The van der Waals surface area contributed by atoms with Gasteiger partial charge >= 0.3 is 0 Å². The molecule has 1 aromatic heterocycles. The molecular formula is C5H8BrN3O. The van der Waals surface area contributed by atoms with Crippen LogP contribution < -0.4 is 11.3 Å². The zero-order valence-corrected chi connectivity index (χ0v) is 7.03. The highest BCUT2D eigenvalue weighted by Gasteiger charge is 2.08. The summed E-state index contributed by atoms with van der Waals surface area (Å²) in [6, 6.07) is -0.159. The van der Waals surface area contributed by atoms with Crippen LogP contribution in [0.2, 0.25) is 0 Å². The molecule has 1 aromatic rings. The van der Waals surface area contributed by atoms with E-state index in [1.54, 1.807) is 6.92 Å². The topological polar surface area (TPSA) is 74.7 Å². The van der Waals surface area contributed by atoms with Gasteiger partial charge in [-0.15, -0.1) is 0 Å². The lowest BCUT2D eigenvalue weighted by Gasteiger charge is -1.99. The summed E-state index contributed by atoms with van der Waals surface area (Å²) in [5, 5.41) is 5.07. The van der Waals surface area contributed by atoms with Crippen molar-refractivity contribution in [1.82, 2.24) is 10.2 Å². The van der Waals surface area contributed by atoms with Crippen LogP contribution in [0.25, 0.3) is 0 Å². The van der Waals surface area contributed by atoms with E-state index >= 15 is 0 Å². The summed E-state index contributed by atoms with van der Waals surface area (Å²) in [7, 11) is 0. The third-order valence-electron chi connectivity index (χ3n) is 1.20. The molecule has 0 aromatic carbocycles. The van der Waals surface area contributed by atoms with Crippen LogP contribution in [-0.2, 0) is 0 Å². The van der Waals surface area contributed by atoms with Crippen molar-refractivity contribution < 1.29 is 0 Å². The van der Waals surface area contributed by atoms with Crippen LogP contribution in [0.3, 0.4) is 0 Å². The first-order valence-electron chi connectivity index (χ1n) is 2.84. The minimum atomic E-state index is -0.174. The zero-order valence-electron chi connectivity index (χ0n) is 5.44. The number of aromatic nitrogens is 2. The van der Waals surface area contributed by atoms with Gasteiger partial charge in [-0.2, -0.15) is 0 Å². The van der Waals surface area contributed by atoms with Gasteiger partial charge in [-0.05, 0) is 22.9 Å². The molecule has 0 aliphatic carbocycles. The van der Waals surface area contributed by atoms with Crippen molar-refractivity contribution in [3.05, 3.63) is 20.5 Å². The van der Waals surface area contributed by atoms with E-state index in [0.29, 0.717) is 10.2 Å². The molecule has 0 bridgehead atoms. The number of nitrogens with one attached hydrogen (secondary N) is 2. The predicted octanol–water partition coefficient (Wildman–Crippen LogP) is 0.485. The molecule has 0 spiro atoms. The smallest absolute Gasteiger partial charge is 0.278 e. The number of halogens is 1. The van der Waals surface area contributed by atoms with E-state index in [1.165, 1.54) is 0 Å². The van der Waals surface area contributed by atoms with Crippen molar-refractivity contribution in [1.29, 1.82) is 0 Å². The fourth-order valence-electron chi connectivity index (χ4n) is 0.670. The van der Waals surface area contributed by atoms with E-state index in [9.17, 15) is 4.79 Å². The maximum absolute atomic E-state index is 10.8. The standard InChI is InChI=1S/C5H8BrN3O/c1-2(7)4-3(6)5(10)9-8-4/h2H,7H2,1H3,(H2,8,9,10)/t2-/m0/s1. The van der Waals surface area contributed by atoms with Crippen LogP contribution >= 0.6 is 15.9 Å². The molecule has 0 amide bonds. The molecule has 0 unspecified atom stereocenters. The van der Waals surface area contributed by atoms with Gasteiger partial charge in [-0.1, -0.05) is 0 Å². The molecule has 5 heteroatoms. The minimum absolute atomic E-state index is 0.159. The van der Waals surface area contributed by atoms with E-state index in [2.05, 4.69) is 26.1 Å². The Morgan fingerprint density at radius 3 is 2.40 bits per heavy atom. The Morgan fingerprint density at radius 1 is 1.60 bits per heavy atom. The Balaban J connectivity index is 3.18. The second kappa shape index (κ2) is 2.59. The van der Waals surface area contributed by atoms with Gasteiger partial charge in [0.1, 0.15) is 4.47 Å². The first-order chi connectivity index (χ1) is 4.63. The van der Waals surface area contributed by atoms with E-state index < -0.39 is 0 Å². The summed E-state index contributed by atoms with van der Waals surface area (Å²) in [4.78, 5) is 10.8. The molecule has 4 N–H and O–H groups in total. The van der Waals surface area contributed by atoms with E-state index in [0.717, 1.165) is 0 Å². The average molecular weight is 206 g/mol. The van der Waals surface area contributed by atoms with Gasteiger partial charge < -0.3 is 5.73 Å². The van der Waals surface area contributed by atoms with Gasteiger partial charge in [-0.25, -0.2) is 0 Å². The van der Waals surface area contributed by atoms with Crippen molar-refractivity contribution in [3.8, 4) is 0 Å². The third-order valence-corrected chi connectivity index (χ3v) is 1.99. The van der Waals surface area contributed by atoms with Crippen molar-refractivity contribution in [2.75, 3.05) is 0 Å². The molecule has 1 heterocycles. The highest BCUT2D eigenvalue weighted by atomic mass is 79.9. The lowest BCUT2D eigenvalue weighted by Crippen LogP contribution is -2.06. The number of aromatic amines is 2. The minimum Gasteiger partial charge on any atom is -0.323 e. The highest BCUT2D eigenvalue weighted by Crippen LogP contribution is 2.13. The van der Waals surface area contributed by atoms with Crippen molar-refractivity contribution in [2.45, 2.75) is 13.0 Å². The molecule has 1 rings (SSSR count). The van der Waals surface area contributed by atoms with E-state index in [4.69, 9.17) is 5.73 Å². The third kappa shape index (κ3) is 1.15. The van der Waals surface area contributed by atoms with Crippen molar-refractivity contribution in [2.24, 2.45) is 5.73 Å². The Bertz CT molecular complexity index is 275. The van der Waals surface area contributed by atoms with Gasteiger partial charge in [0.25, 0.3) is 5.56 Å². The molecule has 0 saturated heterocycles. The average Bonchev–Trinajstić information content (AvgIpc) is 2.14. The molecule has 4 nitrogen and oxygen atoms in total. The molecule has 1 atom stereocenters. The zero-order chi connectivity index (χ0) is 7.72. The second-order valence-electron chi connectivity index (χ2n) is 2.10. The molecule has 10 heavy (non-hydrogen) atoms. The monoisotopic (exact) mass is 205 g/mol. The molecule has 0 radical (unpaired) electrons. The predicted molar refractivity (Wildman–Crippen MR) is 41.7 cm³/mol. The van der Waals surface area contributed by atoms with Gasteiger partial charge in [0.2, 0.25) is 0 Å². The van der Waals surface area contributed by atoms with Crippen molar-refractivity contribution >= 4 is 15.9 Å². The van der Waals surface area contributed by atoms with Gasteiger partial charge in [-0.3, -0.25) is 15.0 Å². The van der Waals surface area contributed by atoms with Crippen LogP contribution in [0, 0.1) is 0 Å². The van der Waals surface area contributed by atoms with Crippen LogP contribution in [0.1, 0.15) is 18.7 Å². The number of nitrogens with two attached hydrogens (primary N) is 1. The molecule has 56 valence electrons. The van der Waals surface area contributed by atoms with Crippen LogP contribution in [-0.4, -0.2) is 10.2 Å². The molecule has 0 saturated carbocycles. The fraction of sp³-hybridized carbons (Fsp3) is 0.400. The lowest BCUT2D eigenvalue weighted by molar-refractivity contribution is 0.768. The van der Waals surface area contributed by atoms with Gasteiger partial charge in [0.15, 0.2) is 0 Å². The summed E-state index contributed by atoms with van der Waals surface area (Å²) in [6.07, 6.45) is 0. The van der Waals surface area contributed by atoms with Gasteiger partial charge in [0.05, 0.1) is 5.69 Å². The Labute approximate surface area is 65.9 Å². The molecular weight excluding hydrogens is 198 g/mol. The first kappa shape index (κ1) is 7.56. The van der Waals surface area contributed by atoms with Gasteiger partial charge in [0, 0.05) is 6.04 Å². The quantitative estimate of drug-likeness (QED) is 0.625. The lowest BCUT2D eigenvalue weighted by atomic mass is 10.3. The van der Waals surface area contributed by atoms with E-state index in [-0.39, 0.29) is 11.6 Å². The molecule has 0 aliphatic heterocycles. The second-order valence-corrected chi connectivity index (χ2v) is 2.89. The SMILES string of the molecule is C[C@H](N)c1[nH][nH]c(=O)c1Br. The maximum atomic E-state index is 10.8. The fourth-order valence-corrected chi connectivity index (χ4v) is 1.23. The largest absolute Gasteiger partial charge is 0.323 e. The Kier molecular flexibility index (Phi) is 1.96. The number of hydrogen-bond donors (Lipinski definition) is 3. The van der Waals surface area contributed by atoms with Crippen LogP contribution in [0.4, 0.5) is 0 Å². The normalized spacial score (nSPS) is 13.5. The number of hydrogen-bond acceptors (Lipinski definition) is 2. The summed E-state index contributed by atoms with van der Waals surface area (Å²) >= 11 is 3.10. The Hall–Kier alpha value is -0.550. The maximum Gasteiger partial charge on any atom is 0.278 e. The molecule has 0 aliphatic rings. The first-order valence-corrected chi connectivity index (χ1v) is 3.64. The summed E-state index contributed by atoms with van der Waals surface area (Å²) in [6.45, 7) is 1.80. The number of rotatable bonds is 1. The van der Waals surface area contributed by atoms with E-state index in [1.807, 2.05) is 0 Å². The van der Waals surface area contributed by atoms with Crippen molar-refractivity contribution in [3.63, 3.8) is 0 Å². The Morgan fingerprint density at radius 2 is 2.20 bits per heavy atom. The highest BCUT2D eigenvalue weighted by molar-refractivity contribution is 9.10. The summed E-state index contributed by atoms with van der Waals surface area (Å²) in [5.41, 5.74) is 6.03.